The number of thiophene rings is 1. The zero-order chi connectivity index (χ0) is 20.2. The number of carbonyl (C=O) groups is 2. The van der Waals surface area contributed by atoms with E-state index in [9.17, 15) is 18.0 Å². The van der Waals surface area contributed by atoms with Gasteiger partial charge in [0.2, 0.25) is 5.91 Å². The highest BCUT2D eigenvalue weighted by Gasteiger charge is 2.38. The first kappa shape index (κ1) is 20.9. The van der Waals surface area contributed by atoms with Gasteiger partial charge in [-0.3, -0.25) is 14.4 Å². The molecule has 0 saturated heterocycles. The SMILES string of the molecule is CN(C)C(=O)C1CN(Cc2ccsc2)Cc2ccnn21.O=C(O)C(F)(F)F. The van der Waals surface area contributed by atoms with E-state index < -0.39 is 12.1 Å². The van der Waals surface area contributed by atoms with Crippen molar-refractivity contribution in [3.8, 4) is 0 Å². The first-order chi connectivity index (χ1) is 12.6. The molecule has 1 aliphatic heterocycles. The molecule has 0 radical (unpaired) electrons. The second kappa shape index (κ2) is 8.53. The molecule has 1 unspecified atom stereocenters. The minimum atomic E-state index is -5.08. The van der Waals surface area contributed by atoms with Gasteiger partial charge >= 0.3 is 12.1 Å². The highest BCUT2D eigenvalue weighted by atomic mass is 32.1. The molecule has 0 bridgehead atoms. The second-order valence-corrected chi connectivity index (χ2v) is 6.90. The first-order valence-electron chi connectivity index (χ1n) is 7.86. The molecule has 11 heteroatoms. The van der Waals surface area contributed by atoms with Crippen molar-refractivity contribution in [2.45, 2.75) is 25.3 Å². The molecule has 27 heavy (non-hydrogen) atoms. The van der Waals surface area contributed by atoms with Gasteiger partial charge in [0.05, 0.1) is 5.69 Å². The lowest BCUT2D eigenvalue weighted by molar-refractivity contribution is -0.192. The highest BCUT2D eigenvalue weighted by molar-refractivity contribution is 7.07. The van der Waals surface area contributed by atoms with Crippen LogP contribution in [0.15, 0.2) is 29.1 Å². The fourth-order valence-corrected chi connectivity index (χ4v) is 3.26. The number of aliphatic carboxylic acids is 1. The Kier molecular flexibility index (Phi) is 6.60. The van der Waals surface area contributed by atoms with Crippen LogP contribution in [0.2, 0.25) is 0 Å². The van der Waals surface area contributed by atoms with Crippen molar-refractivity contribution in [2.75, 3.05) is 20.6 Å². The third-order valence-electron chi connectivity index (χ3n) is 3.82. The summed E-state index contributed by atoms with van der Waals surface area (Å²) >= 11 is 1.71. The van der Waals surface area contributed by atoms with E-state index in [0.717, 1.165) is 18.8 Å². The lowest BCUT2D eigenvalue weighted by Crippen LogP contribution is -2.44. The summed E-state index contributed by atoms with van der Waals surface area (Å²) in [6.45, 7) is 2.43. The Hall–Kier alpha value is -2.40. The molecule has 1 amide bonds. The number of fused-ring (bicyclic) bond motifs is 1. The van der Waals surface area contributed by atoms with Gasteiger partial charge in [-0.05, 0) is 28.5 Å². The summed E-state index contributed by atoms with van der Waals surface area (Å²) in [6.07, 6.45) is -3.31. The van der Waals surface area contributed by atoms with E-state index in [1.807, 2.05) is 10.7 Å². The van der Waals surface area contributed by atoms with Crippen LogP contribution in [-0.4, -0.2) is 63.4 Å². The van der Waals surface area contributed by atoms with Gasteiger partial charge in [-0.1, -0.05) is 0 Å². The average molecular weight is 404 g/mol. The molecule has 148 valence electrons. The normalized spacial score (nSPS) is 16.9. The molecule has 0 aliphatic carbocycles. The van der Waals surface area contributed by atoms with Gasteiger partial charge in [-0.15, -0.1) is 0 Å². The summed E-state index contributed by atoms with van der Waals surface area (Å²) in [7, 11) is 3.59. The maximum Gasteiger partial charge on any atom is 0.490 e. The van der Waals surface area contributed by atoms with Crippen molar-refractivity contribution in [1.82, 2.24) is 19.6 Å². The number of hydrogen-bond acceptors (Lipinski definition) is 5. The molecule has 0 aromatic carbocycles. The minimum absolute atomic E-state index is 0.102. The van der Waals surface area contributed by atoms with Crippen LogP contribution in [0.1, 0.15) is 17.3 Å². The van der Waals surface area contributed by atoms with Crippen LogP contribution in [0.5, 0.6) is 0 Å². The topological polar surface area (TPSA) is 78.7 Å². The Morgan fingerprint density at radius 2 is 2.04 bits per heavy atom. The number of hydrogen-bond donors (Lipinski definition) is 1. The van der Waals surface area contributed by atoms with Crippen molar-refractivity contribution in [2.24, 2.45) is 0 Å². The molecule has 0 saturated carbocycles. The Balaban J connectivity index is 0.000000321. The Morgan fingerprint density at radius 3 is 2.56 bits per heavy atom. The van der Waals surface area contributed by atoms with E-state index >= 15 is 0 Å². The van der Waals surface area contributed by atoms with Crippen LogP contribution in [0.3, 0.4) is 0 Å². The largest absolute Gasteiger partial charge is 0.490 e. The molecule has 3 heterocycles. The number of rotatable bonds is 3. The summed E-state index contributed by atoms with van der Waals surface area (Å²) in [5, 5.41) is 15.7. The standard InChI is InChI=1S/C14H18N4OS.C2HF3O2/c1-16(2)14(19)13-9-17(7-11-4-6-20-10-11)8-12-3-5-15-18(12)13;3-2(4,5)1(6)7/h3-6,10,13H,7-9H2,1-2H3;(H,6,7). The lowest BCUT2D eigenvalue weighted by atomic mass is 10.1. The number of carboxylic acid groups (broad SMARTS) is 1. The quantitative estimate of drug-likeness (QED) is 0.849. The number of nitrogens with zero attached hydrogens (tertiary/aromatic N) is 4. The number of halogens is 3. The number of amides is 1. The summed E-state index contributed by atoms with van der Waals surface area (Å²) in [5.41, 5.74) is 2.41. The third-order valence-corrected chi connectivity index (χ3v) is 4.55. The number of likely N-dealkylation sites (N-methyl/N-ethyl adjacent to an activating group) is 1. The van der Waals surface area contributed by atoms with Crippen LogP contribution in [0.25, 0.3) is 0 Å². The number of carboxylic acids is 1. The fourth-order valence-electron chi connectivity index (χ4n) is 2.61. The Morgan fingerprint density at radius 1 is 1.37 bits per heavy atom. The van der Waals surface area contributed by atoms with E-state index in [4.69, 9.17) is 9.90 Å². The molecule has 2 aromatic heterocycles. The number of aromatic nitrogens is 2. The fraction of sp³-hybridized carbons (Fsp3) is 0.438. The highest BCUT2D eigenvalue weighted by Crippen LogP contribution is 2.23. The summed E-state index contributed by atoms with van der Waals surface area (Å²) < 4.78 is 33.6. The van der Waals surface area contributed by atoms with Crippen LogP contribution >= 0.6 is 11.3 Å². The van der Waals surface area contributed by atoms with Crippen molar-refractivity contribution >= 4 is 23.2 Å². The zero-order valence-corrected chi connectivity index (χ0v) is 15.5. The average Bonchev–Trinajstić information content (AvgIpc) is 3.24. The molecule has 2 aromatic rings. The van der Waals surface area contributed by atoms with Gasteiger partial charge < -0.3 is 10.0 Å². The molecule has 3 rings (SSSR count). The monoisotopic (exact) mass is 404 g/mol. The molecular weight excluding hydrogens is 385 g/mol. The van der Waals surface area contributed by atoms with Gasteiger partial charge in [-0.25, -0.2) is 4.79 Å². The lowest BCUT2D eigenvalue weighted by Gasteiger charge is -2.34. The number of carbonyl (C=O) groups excluding carboxylic acids is 1. The zero-order valence-electron chi connectivity index (χ0n) is 14.7. The molecule has 7 nitrogen and oxygen atoms in total. The summed E-state index contributed by atoms with van der Waals surface area (Å²) in [6, 6.07) is 3.91. The van der Waals surface area contributed by atoms with Crippen molar-refractivity contribution in [3.05, 3.63) is 40.3 Å². The minimum Gasteiger partial charge on any atom is -0.475 e. The van der Waals surface area contributed by atoms with Crippen molar-refractivity contribution in [1.29, 1.82) is 0 Å². The van der Waals surface area contributed by atoms with Crippen LogP contribution in [-0.2, 0) is 22.7 Å². The van der Waals surface area contributed by atoms with E-state index in [-0.39, 0.29) is 11.9 Å². The maximum atomic E-state index is 12.3. The number of alkyl halides is 3. The maximum absolute atomic E-state index is 12.3. The third kappa shape index (κ3) is 5.54. The van der Waals surface area contributed by atoms with E-state index in [2.05, 4.69) is 26.8 Å². The molecule has 1 N–H and O–H groups in total. The predicted octanol–water partition coefficient (Wildman–Crippen LogP) is 2.22. The summed E-state index contributed by atoms with van der Waals surface area (Å²) in [4.78, 5) is 25.2. The van der Waals surface area contributed by atoms with Gasteiger partial charge in [0, 0.05) is 39.9 Å². The van der Waals surface area contributed by atoms with Crippen LogP contribution in [0.4, 0.5) is 13.2 Å². The van der Waals surface area contributed by atoms with Crippen LogP contribution in [0, 0.1) is 0 Å². The predicted molar refractivity (Wildman–Crippen MR) is 92.1 cm³/mol. The van der Waals surface area contributed by atoms with E-state index in [1.54, 1.807) is 36.5 Å². The first-order valence-corrected chi connectivity index (χ1v) is 8.81. The van der Waals surface area contributed by atoms with Gasteiger partial charge in [0.25, 0.3) is 0 Å². The Labute approximate surface area is 157 Å². The van der Waals surface area contributed by atoms with Gasteiger partial charge in [-0.2, -0.15) is 29.6 Å². The van der Waals surface area contributed by atoms with Gasteiger partial charge in [0.1, 0.15) is 6.04 Å². The van der Waals surface area contributed by atoms with Crippen LogP contribution < -0.4 is 0 Å². The molecule has 1 atom stereocenters. The molecule has 1 aliphatic rings. The smallest absolute Gasteiger partial charge is 0.475 e. The second-order valence-electron chi connectivity index (χ2n) is 6.12. The van der Waals surface area contributed by atoms with Crippen molar-refractivity contribution < 1.29 is 27.9 Å². The molecule has 0 fully saturated rings. The van der Waals surface area contributed by atoms with Gasteiger partial charge in [0.15, 0.2) is 0 Å². The Bertz CT molecular complexity index is 774. The van der Waals surface area contributed by atoms with Crippen molar-refractivity contribution in [3.63, 3.8) is 0 Å². The summed E-state index contributed by atoms with van der Waals surface area (Å²) in [5.74, 6) is -2.66. The molecular formula is C16H19F3N4O3S. The van der Waals surface area contributed by atoms with E-state index in [0.29, 0.717) is 6.54 Å². The molecule has 0 spiro atoms. The van der Waals surface area contributed by atoms with E-state index in [1.165, 1.54) is 5.56 Å².